The van der Waals surface area contributed by atoms with E-state index in [1.54, 1.807) is 0 Å². The second-order valence-electron chi connectivity index (χ2n) is 2.81. The van der Waals surface area contributed by atoms with E-state index in [1.165, 1.54) is 10.8 Å². The van der Waals surface area contributed by atoms with Gasteiger partial charge in [-0.05, 0) is 55.4 Å². The molecule has 0 aliphatic heterocycles. The summed E-state index contributed by atoms with van der Waals surface area (Å²) in [5.74, 6) is 0. The first-order valence-electron chi connectivity index (χ1n) is 3.83. The van der Waals surface area contributed by atoms with Gasteiger partial charge in [-0.15, -0.1) is 0 Å². The van der Waals surface area contributed by atoms with Crippen LogP contribution in [0.4, 0.5) is 0 Å². The largest absolute Gasteiger partial charge is 0.0520 e. The fourth-order valence-corrected chi connectivity index (χ4v) is 3.46. The van der Waals surface area contributed by atoms with Gasteiger partial charge in [-0.2, -0.15) is 0 Å². The SMILES string of the molecule is Brc1ccc2c(Br)ccc(Br)c2c1Br. The Morgan fingerprint density at radius 3 is 1.93 bits per heavy atom. The molecule has 4 heteroatoms. The summed E-state index contributed by atoms with van der Waals surface area (Å²) < 4.78 is 4.32. The minimum atomic E-state index is 1.06. The number of hydrogen-bond donors (Lipinski definition) is 0. The molecule has 0 atom stereocenters. The Hall–Kier alpha value is 0.620. The zero-order valence-corrected chi connectivity index (χ0v) is 13.2. The Bertz CT molecular complexity index is 505. The van der Waals surface area contributed by atoms with E-state index < -0.39 is 0 Å². The maximum Gasteiger partial charge on any atom is 0.0407 e. The monoisotopic (exact) mass is 440 g/mol. The summed E-state index contributed by atoms with van der Waals surface area (Å²) >= 11 is 14.1. The lowest BCUT2D eigenvalue weighted by Gasteiger charge is -2.07. The van der Waals surface area contributed by atoms with Crippen LogP contribution in [0, 0.1) is 0 Å². The molecule has 2 aromatic rings. The van der Waals surface area contributed by atoms with Crippen molar-refractivity contribution in [2.45, 2.75) is 0 Å². The number of halogens is 4. The Balaban J connectivity index is 3.01. The smallest absolute Gasteiger partial charge is 0.0407 e. The van der Waals surface area contributed by atoms with E-state index >= 15 is 0 Å². The van der Waals surface area contributed by atoms with Gasteiger partial charge in [0.1, 0.15) is 0 Å². The van der Waals surface area contributed by atoms with E-state index in [2.05, 4.69) is 69.8 Å². The molecule has 0 aliphatic rings. The van der Waals surface area contributed by atoms with E-state index in [0.717, 1.165) is 17.9 Å². The molecule has 0 aliphatic carbocycles. The van der Waals surface area contributed by atoms with Crippen molar-refractivity contribution in [2.24, 2.45) is 0 Å². The first kappa shape index (κ1) is 11.1. The highest BCUT2D eigenvalue weighted by Crippen LogP contribution is 2.38. The Labute approximate surface area is 116 Å². The minimum Gasteiger partial charge on any atom is -0.0520 e. The van der Waals surface area contributed by atoms with Crippen molar-refractivity contribution in [3.63, 3.8) is 0 Å². The van der Waals surface area contributed by atoms with Crippen molar-refractivity contribution >= 4 is 74.5 Å². The maximum absolute atomic E-state index is 3.57. The Morgan fingerprint density at radius 2 is 1.21 bits per heavy atom. The van der Waals surface area contributed by atoms with Gasteiger partial charge in [0.05, 0.1) is 0 Å². The molecule has 0 N–H and O–H groups in total. The predicted molar refractivity (Wildman–Crippen MR) is 74.7 cm³/mol. The third-order valence-electron chi connectivity index (χ3n) is 1.97. The van der Waals surface area contributed by atoms with Gasteiger partial charge in [-0.1, -0.05) is 37.9 Å². The summed E-state index contributed by atoms with van der Waals surface area (Å²) in [5, 5.41) is 2.36. The molecule has 72 valence electrons. The van der Waals surface area contributed by atoms with E-state index in [-0.39, 0.29) is 0 Å². The van der Waals surface area contributed by atoms with Gasteiger partial charge >= 0.3 is 0 Å². The second kappa shape index (κ2) is 4.24. The summed E-state index contributed by atoms with van der Waals surface area (Å²) in [6, 6.07) is 8.18. The van der Waals surface area contributed by atoms with Crippen LogP contribution in [0.3, 0.4) is 0 Å². The minimum absolute atomic E-state index is 1.06. The molecule has 0 amide bonds. The summed E-state index contributed by atoms with van der Waals surface area (Å²) in [4.78, 5) is 0. The fourth-order valence-electron chi connectivity index (χ4n) is 1.30. The number of rotatable bonds is 0. The van der Waals surface area contributed by atoms with E-state index in [1.807, 2.05) is 18.2 Å². The van der Waals surface area contributed by atoms with Crippen LogP contribution in [0.15, 0.2) is 42.2 Å². The lowest BCUT2D eigenvalue weighted by molar-refractivity contribution is 1.61. The van der Waals surface area contributed by atoms with Gasteiger partial charge in [-0.3, -0.25) is 0 Å². The van der Waals surface area contributed by atoms with Gasteiger partial charge in [-0.25, -0.2) is 0 Å². The van der Waals surface area contributed by atoms with Crippen molar-refractivity contribution in [2.75, 3.05) is 0 Å². The van der Waals surface area contributed by atoms with E-state index in [9.17, 15) is 0 Å². The Kier molecular flexibility index (Phi) is 3.37. The lowest BCUT2D eigenvalue weighted by atomic mass is 10.1. The van der Waals surface area contributed by atoms with Gasteiger partial charge in [0.2, 0.25) is 0 Å². The molecular formula is C10H4Br4. The zero-order valence-electron chi connectivity index (χ0n) is 6.82. The molecule has 2 aromatic carbocycles. The highest BCUT2D eigenvalue weighted by atomic mass is 79.9. The zero-order chi connectivity index (χ0) is 10.3. The summed E-state index contributed by atoms with van der Waals surface area (Å²) in [7, 11) is 0. The van der Waals surface area contributed by atoms with Crippen LogP contribution in [-0.4, -0.2) is 0 Å². The second-order valence-corrected chi connectivity index (χ2v) is 6.17. The maximum atomic E-state index is 3.57. The quantitative estimate of drug-likeness (QED) is 0.476. The van der Waals surface area contributed by atoms with Gasteiger partial charge < -0.3 is 0 Å². The molecule has 0 radical (unpaired) electrons. The molecule has 0 unspecified atom stereocenters. The third kappa shape index (κ3) is 1.82. The van der Waals surface area contributed by atoms with Crippen molar-refractivity contribution in [3.05, 3.63) is 42.2 Å². The Morgan fingerprint density at radius 1 is 0.643 bits per heavy atom. The molecule has 0 nitrogen and oxygen atoms in total. The van der Waals surface area contributed by atoms with Crippen LogP contribution in [0.1, 0.15) is 0 Å². The van der Waals surface area contributed by atoms with Crippen molar-refractivity contribution in [3.8, 4) is 0 Å². The molecule has 0 heterocycles. The summed E-state index contributed by atoms with van der Waals surface area (Å²) in [5.41, 5.74) is 0. The van der Waals surface area contributed by atoms with Crippen LogP contribution in [0.5, 0.6) is 0 Å². The summed E-state index contributed by atoms with van der Waals surface area (Å²) in [6.07, 6.45) is 0. The van der Waals surface area contributed by atoms with Crippen LogP contribution in [0.2, 0.25) is 0 Å². The van der Waals surface area contributed by atoms with Crippen molar-refractivity contribution in [1.82, 2.24) is 0 Å². The number of benzene rings is 2. The molecule has 0 bridgehead atoms. The topological polar surface area (TPSA) is 0 Å². The molecule has 0 spiro atoms. The number of hydrogen-bond acceptors (Lipinski definition) is 0. The molecule has 14 heavy (non-hydrogen) atoms. The van der Waals surface area contributed by atoms with Gasteiger partial charge in [0.25, 0.3) is 0 Å². The lowest BCUT2D eigenvalue weighted by Crippen LogP contribution is -1.80. The van der Waals surface area contributed by atoms with Crippen LogP contribution in [-0.2, 0) is 0 Å². The van der Waals surface area contributed by atoms with E-state index in [4.69, 9.17) is 0 Å². The van der Waals surface area contributed by atoms with Crippen LogP contribution < -0.4 is 0 Å². The highest BCUT2D eigenvalue weighted by Gasteiger charge is 2.08. The van der Waals surface area contributed by atoms with Crippen LogP contribution in [0.25, 0.3) is 10.8 Å². The fraction of sp³-hybridized carbons (Fsp3) is 0. The van der Waals surface area contributed by atoms with Crippen LogP contribution >= 0.6 is 63.7 Å². The van der Waals surface area contributed by atoms with Crippen molar-refractivity contribution in [1.29, 1.82) is 0 Å². The molecular weight excluding hydrogens is 440 g/mol. The molecule has 2 rings (SSSR count). The van der Waals surface area contributed by atoms with Gasteiger partial charge in [0, 0.05) is 23.3 Å². The average Bonchev–Trinajstić information content (AvgIpc) is 2.16. The van der Waals surface area contributed by atoms with Crippen molar-refractivity contribution < 1.29 is 0 Å². The highest BCUT2D eigenvalue weighted by molar-refractivity contribution is 9.13. The normalized spacial score (nSPS) is 10.9. The molecule has 0 fully saturated rings. The molecule has 0 saturated heterocycles. The standard InChI is InChI=1S/C10H4Br4/c11-6-3-4-7(12)9-5(6)1-2-8(13)10(9)14/h1-4H. The third-order valence-corrected chi connectivity index (χ3v) is 5.34. The first-order valence-corrected chi connectivity index (χ1v) is 7.00. The summed E-state index contributed by atoms with van der Waals surface area (Å²) in [6.45, 7) is 0. The van der Waals surface area contributed by atoms with E-state index in [0.29, 0.717) is 0 Å². The predicted octanol–water partition coefficient (Wildman–Crippen LogP) is 5.89. The molecule has 0 saturated carbocycles. The average molecular weight is 444 g/mol. The molecule has 0 aromatic heterocycles. The first-order chi connectivity index (χ1) is 6.61. The number of fused-ring (bicyclic) bond motifs is 1. The van der Waals surface area contributed by atoms with Gasteiger partial charge in [0.15, 0.2) is 0 Å².